The number of methoxy groups -OCH3 is 1. The molecule has 144 valence electrons. The van der Waals surface area contributed by atoms with Crippen LogP contribution in [0.15, 0.2) is 94.7 Å². The molecule has 1 aliphatic heterocycles. The van der Waals surface area contributed by atoms with E-state index in [-0.39, 0.29) is 18.4 Å². The molecule has 0 aromatic heterocycles. The quantitative estimate of drug-likeness (QED) is 0.559. The van der Waals surface area contributed by atoms with Crippen molar-refractivity contribution in [2.24, 2.45) is 0 Å². The first kappa shape index (κ1) is 19.0. The number of thioether (sulfide) groups is 1. The van der Waals surface area contributed by atoms with Crippen LogP contribution in [0.2, 0.25) is 0 Å². The molecule has 2 amide bonds. The Morgan fingerprint density at radius 1 is 0.793 bits per heavy atom. The van der Waals surface area contributed by atoms with Gasteiger partial charge in [0, 0.05) is 10.5 Å². The number of carbonyl (C=O) groups excluding carboxylic acids is 2. The van der Waals surface area contributed by atoms with Gasteiger partial charge in [-0.25, -0.2) is 0 Å². The van der Waals surface area contributed by atoms with Crippen LogP contribution in [-0.2, 0) is 16.1 Å². The minimum atomic E-state index is -0.287. The first-order valence-corrected chi connectivity index (χ1v) is 10.0. The van der Waals surface area contributed by atoms with E-state index in [9.17, 15) is 9.59 Å². The minimum Gasteiger partial charge on any atom is -0.496 e. The van der Waals surface area contributed by atoms with Crippen LogP contribution in [0.3, 0.4) is 0 Å². The molecule has 3 aromatic rings. The van der Waals surface area contributed by atoms with Gasteiger partial charge in [-0.3, -0.25) is 14.5 Å². The smallest absolute Gasteiger partial charge is 0.268 e. The second-order valence-electron chi connectivity index (χ2n) is 6.49. The van der Waals surface area contributed by atoms with Crippen molar-refractivity contribution in [2.75, 3.05) is 7.11 Å². The Kier molecular flexibility index (Phi) is 5.49. The number of imide groups is 1. The summed E-state index contributed by atoms with van der Waals surface area (Å²) in [5, 5.41) is 0. The highest BCUT2D eigenvalue weighted by atomic mass is 32.2. The van der Waals surface area contributed by atoms with Crippen LogP contribution in [-0.4, -0.2) is 23.8 Å². The number of benzene rings is 3. The van der Waals surface area contributed by atoms with Gasteiger partial charge in [0.05, 0.1) is 24.1 Å². The van der Waals surface area contributed by atoms with Crippen LogP contribution in [0.4, 0.5) is 0 Å². The molecule has 0 radical (unpaired) electrons. The van der Waals surface area contributed by atoms with Crippen LogP contribution in [0, 0.1) is 0 Å². The minimum absolute atomic E-state index is 0.164. The Morgan fingerprint density at radius 2 is 1.41 bits per heavy atom. The molecule has 1 aliphatic rings. The fourth-order valence-corrected chi connectivity index (χ4v) is 4.30. The Morgan fingerprint density at radius 3 is 2.10 bits per heavy atom. The lowest BCUT2D eigenvalue weighted by atomic mass is 10.1. The summed E-state index contributed by atoms with van der Waals surface area (Å²) in [7, 11) is 1.58. The largest absolute Gasteiger partial charge is 0.496 e. The van der Waals surface area contributed by atoms with Gasteiger partial charge in [0.25, 0.3) is 11.8 Å². The van der Waals surface area contributed by atoms with Crippen LogP contribution >= 0.6 is 11.8 Å². The van der Waals surface area contributed by atoms with E-state index in [0.717, 1.165) is 16.0 Å². The number of hydrogen-bond donors (Lipinski definition) is 0. The average molecular weight is 401 g/mol. The van der Waals surface area contributed by atoms with Gasteiger partial charge < -0.3 is 4.74 Å². The molecule has 0 bridgehead atoms. The van der Waals surface area contributed by atoms with Crippen LogP contribution in [0.1, 0.15) is 11.1 Å². The number of para-hydroxylation sites is 1. The maximum absolute atomic E-state index is 13.3. The molecular formula is C24H19NO3S. The van der Waals surface area contributed by atoms with Crippen molar-refractivity contribution in [3.05, 3.63) is 101 Å². The maximum Gasteiger partial charge on any atom is 0.268 e. The van der Waals surface area contributed by atoms with E-state index in [0.29, 0.717) is 16.2 Å². The predicted molar refractivity (Wildman–Crippen MR) is 114 cm³/mol. The number of amides is 2. The highest BCUT2D eigenvalue weighted by Crippen LogP contribution is 2.40. The lowest BCUT2D eigenvalue weighted by Gasteiger charge is -2.17. The van der Waals surface area contributed by atoms with E-state index in [4.69, 9.17) is 4.74 Å². The molecule has 4 nitrogen and oxygen atoms in total. The molecule has 0 saturated heterocycles. The molecule has 0 fully saturated rings. The summed E-state index contributed by atoms with van der Waals surface area (Å²) >= 11 is 1.33. The standard InChI is InChI=1S/C24H19NO3S/c1-28-20-15-9-8-12-18(20)16-25-23(26)21(17-10-4-2-5-11-17)22(24(25)27)29-19-13-6-3-7-14-19/h2-15H,16H2,1H3. The molecule has 0 spiro atoms. The number of nitrogens with zero attached hydrogens (tertiary/aromatic N) is 1. The van der Waals surface area contributed by atoms with Crippen molar-refractivity contribution in [3.8, 4) is 5.75 Å². The monoisotopic (exact) mass is 401 g/mol. The summed E-state index contributed by atoms with van der Waals surface area (Å²) in [6.45, 7) is 0.164. The molecule has 0 saturated carbocycles. The van der Waals surface area contributed by atoms with Crippen LogP contribution in [0.5, 0.6) is 5.75 Å². The summed E-state index contributed by atoms with van der Waals surface area (Å²) in [5.41, 5.74) is 1.97. The second-order valence-corrected chi connectivity index (χ2v) is 7.58. The van der Waals surface area contributed by atoms with Crippen molar-refractivity contribution in [1.82, 2.24) is 4.90 Å². The lowest BCUT2D eigenvalue weighted by molar-refractivity contribution is -0.137. The van der Waals surface area contributed by atoms with Gasteiger partial charge in [-0.15, -0.1) is 0 Å². The second kappa shape index (κ2) is 8.37. The van der Waals surface area contributed by atoms with Crippen LogP contribution < -0.4 is 4.74 Å². The average Bonchev–Trinajstić information content (AvgIpc) is 2.99. The van der Waals surface area contributed by atoms with Crippen molar-refractivity contribution in [3.63, 3.8) is 0 Å². The zero-order valence-corrected chi connectivity index (χ0v) is 16.7. The Labute approximate surface area is 173 Å². The number of rotatable bonds is 6. The number of ether oxygens (including phenoxy) is 1. The number of hydrogen-bond acceptors (Lipinski definition) is 4. The van der Waals surface area contributed by atoms with Gasteiger partial charge in [0.2, 0.25) is 0 Å². The van der Waals surface area contributed by atoms with Crippen molar-refractivity contribution in [2.45, 2.75) is 11.4 Å². The van der Waals surface area contributed by atoms with E-state index in [2.05, 4.69) is 0 Å². The highest BCUT2D eigenvalue weighted by Gasteiger charge is 2.39. The normalized spacial score (nSPS) is 13.9. The Hall–Kier alpha value is -3.31. The molecule has 29 heavy (non-hydrogen) atoms. The molecular weight excluding hydrogens is 382 g/mol. The van der Waals surface area contributed by atoms with Crippen molar-refractivity contribution in [1.29, 1.82) is 0 Å². The molecule has 0 atom stereocenters. The van der Waals surface area contributed by atoms with Gasteiger partial charge in [-0.1, -0.05) is 78.5 Å². The van der Waals surface area contributed by atoms with Crippen molar-refractivity contribution < 1.29 is 14.3 Å². The summed E-state index contributed by atoms with van der Waals surface area (Å²) in [4.78, 5) is 29.3. The number of carbonyl (C=O) groups is 2. The summed E-state index contributed by atoms with van der Waals surface area (Å²) in [6, 6.07) is 26.4. The van der Waals surface area contributed by atoms with Gasteiger partial charge in [0.15, 0.2) is 0 Å². The van der Waals surface area contributed by atoms with E-state index in [1.165, 1.54) is 16.7 Å². The third kappa shape index (κ3) is 3.82. The van der Waals surface area contributed by atoms with E-state index >= 15 is 0 Å². The Bertz CT molecular complexity index is 1080. The van der Waals surface area contributed by atoms with E-state index in [1.807, 2.05) is 84.9 Å². The van der Waals surface area contributed by atoms with Crippen molar-refractivity contribution >= 4 is 29.1 Å². The SMILES string of the molecule is COc1ccccc1CN1C(=O)C(Sc2ccccc2)=C(c2ccccc2)C1=O. The molecule has 3 aromatic carbocycles. The predicted octanol–water partition coefficient (Wildman–Crippen LogP) is 4.77. The van der Waals surface area contributed by atoms with E-state index < -0.39 is 0 Å². The lowest BCUT2D eigenvalue weighted by Crippen LogP contribution is -2.31. The molecule has 0 aliphatic carbocycles. The topological polar surface area (TPSA) is 46.6 Å². The van der Waals surface area contributed by atoms with Gasteiger partial charge in [-0.05, 0) is 23.8 Å². The Balaban J connectivity index is 1.73. The van der Waals surface area contributed by atoms with E-state index in [1.54, 1.807) is 7.11 Å². The molecule has 0 N–H and O–H groups in total. The van der Waals surface area contributed by atoms with Crippen LogP contribution in [0.25, 0.3) is 5.57 Å². The molecule has 1 heterocycles. The fraction of sp³-hybridized carbons (Fsp3) is 0.0833. The molecule has 0 unspecified atom stereocenters. The zero-order valence-electron chi connectivity index (χ0n) is 15.9. The first-order valence-electron chi connectivity index (χ1n) is 9.19. The fourth-order valence-electron chi connectivity index (χ4n) is 3.26. The third-order valence-electron chi connectivity index (χ3n) is 4.67. The van der Waals surface area contributed by atoms with Gasteiger partial charge in [-0.2, -0.15) is 0 Å². The third-order valence-corrected chi connectivity index (χ3v) is 5.76. The zero-order chi connectivity index (χ0) is 20.2. The maximum atomic E-state index is 13.3. The highest BCUT2D eigenvalue weighted by molar-refractivity contribution is 8.04. The summed E-state index contributed by atoms with van der Waals surface area (Å²) in [6.07, 6.45) is 0. The molecule has 4 rings (SSSR count). The van der Waals surface area contributed by atoms with Gasteiger partial charge in [0.1, 0.15) is 5.75 Å². The molecule has 5 heteroatoms. The first-order chi connectivity index (χ1) is 14.2. The summed E-state index contributed by atoms with van der Waals surface area (Å²) < 4.78 is 5.39. The van der Waals surface area contributed by atoms with Gasteiger partial charge >= 0.3 is 0 Å². The summed E-state index contributed by atoms with van der Waals surface area (Å²) in [5.74, 6) is 0.0812.